The van der Waals surface area contributed by atoms with E-state index < -0.39 is 30.7 Å². The van der Waals surface area contributed by atoms with Crippen LogP contribution in [-0.2, 0) is 16.1 Å². The molecule has 3 unspecified atom stereocenters. The molecule has 5 nitrogen and oxygen atoms in total. The fourth-order valence-electron chi connectivity index (χ4n) is 1.57. The summed E-state index contributed by atoms with van der Waals surface area (Å²) in [5.41, 5.74) is 0.868. The second-order valence-electron chi connectivity index (χ2n) is 4.52. The molecular formula is C14H20O5. The van der Waals surface area contributed by atoms with Crippen molar-refractivity contribution in [3.05, 3.63) is 35.9 Å². The van der Waals surface area contributed by atoms with E-state index in [0.717, 1.165) is 5.56 Å². The molecule has 0 aliphatic heterocycles. The predicted octanol–water partition coefficient (Wildman–Crippen LogP) is 0.470. The molecule has 1 aromatic rings. The van der Waals surface area contributed by atoms with Crippen LogP contribution in [0.4, 0.5) is 0 Å². The van der Waals surface area contributed by atoms with Crippen LogP contribution in [0.3, 0.4) is 0 Å². The molecule has 0 radical (unpaired) electrons. The topological polar surface area (TPSA) is 87.0 Å². The standard InChI is InChI=1S/C14H20O5/c1-10(13(17)7-12(16)8-15)14(18)19-9-11-5-3-2-4-6-11/h2-6,10,12-13,15-17H,7-9H2,1H3. The summed E-state index contributed by atoms with van der Waals surface area (Å²) in [5.74, 6) is -1.27. The zero-order valence-corrected chi connectivity index (χ0v) is 10.9. The number of carbonyl (C=O) groups is 1. The van der Waals surface area contributed by atoms with Gasteiger partial charge in [-0.15, -0.1) is 0 Å². The van der Waals surface area contributed by atoms with Crippen LogP contribution >= 0.6 is 0 Å². The van der Waals surface area contributed by atoms with Crippen molar-refractivity contribution in [1.82, 2.24) is 0 Å². The zero-order chi connectivity index (χ0) is 14.3. The number of carbonyl (C=O) groups excluding carboxylic acids is 1. The SMILES string of the molecule is CC(C(=O)OCc1ccccc1)C(O)CC(O)CO. The molecular weight excluding hydrogens is 248 g/mol. The summed E-state index contributed by atoms with van der Waals surface area (Å²) in [7, 11) is 0. The highest BCUT2D eigenvalue weighted by Gasteiger charge is 2.25. The zero-order valence-electron chi connectivity index (χ0n) is 10.9. The first-order valence-electron chi connectivity index (χ1n) is 6.22. The monoisotopic (exact) mass is 268 g/mol. The van der Waals surface area contributed by atoms with Gasteiger partial charge in [0.05, 0.1) is 24.7 Å². The van der Waals surface area contributed by atoms with Gasteiger partial charge in [0.2, 0.25) is 0 Å². The van der Waals surface area contributed by atoms with Crippen molar-refractivity contribution in [2.45, 2.75) is 32.2 Å². The Balaban J connectivity index is 2.40. The highest BCUT2D eigenvalue weighted by molar-refractivity contribution is 5.72. The van der Waals surface area contributed by atoms with Gasteiger partial charge < -0.3 is 20.1 Å². The van der Waals surface area contributed by atoms with Crippen molar-refractivity contribution in [2.24, 2.45) is 5.92 Å². The molecule has 5 heteroatoms. The van der Waals surface area contributed by atoms with E-state index in [9.17, 15) is 15.0 Å². The van der Waals surface area contributed by atoms with Crippen molar-refractivity contribution >= 4 is 5.97 Å². The second kappa shape index (κ2) is 7.89. The third kappa shape index (κ3) is 5.38. The molecule has 0 aromatic heterocycles. The van der Waals surface area contributed by atoms with E-state index in [1.54, 1.807) is 0 Å². The number of aliphatic hydroxyl groups is 3. The third-order valence-electron chi connectivity index (χ3n) is 2.90. The number of rotatable bonds is 7. The number of hydrogen-bond acceptors (Lipinski definition) is 5. The Morgan fingerprint density at radius 2 is 1.89 bits per heavy atom. The van der Waals surface area contributed by atoms with Crippen molar-refractivity contribution in [3.8, 4) is 0 Å². The van der Waals surface area contributed by atoms with E-state index in [2.05, 4.69) is 0 Å². The summed E-state index contributed by atoms with van der Waals surface area (Å²) >= 11 is 0. The Morgan fingerprint density at radius 1 is 1.26 bits per heavy atom. The van der Waals surface area contributed by atoms with E-state index in [0.29, 0.717) is 0 Å². The van der Waals surface area contributed by atoms with Crippen LogP contribution in [-0.4, -0.2) is 40.1 Å². The second-order valence-corrected chi connectivity index (χ2v) is 4.52. The van der Waals surface area contributed by atoms with Gasteiger partial charge in [0, 0.05) is 6.42 Å². The van der Waals surface area contributed by atoms with Gasteiger partial charge >= 0.3 is 5.97 Å². The molecule has 1 rings (SSSR count). The molecule has 0 spiro atoms. The number of aliphatic hydroxyl groups excluding tert-OH is 3. The lowest BCUT2D eigenvalue weighted by Gasteiger charge is -2.19. The first-order valence-corrected chi connectivity index (χ1v) is 6.22. The number of benzene rings is 1. The summed E-state index contributed by atoms with van der Waals surface area (Å²) in [6, 6.07) is 9.24. The average Bonchev–Trinajstić information content (AvgIpc) is 2.44. The Morgan fingerprint density at radius 3 is 2.47 bits per heavy atom. The van der Waals surface area contributed by atoms with Crippen LogP contribution in [0.5, 0.6) is 0 Å². The quantitative estimate of drug-likeness (QED) is 0.626. The van der Waals surface area contributed by atoms with E-state index >= 15 is 0 Å². The summed E-state index contributed by atoms with van der Waals surface area (Å²) in [5, 5.41) is 27.6. The first kappa shape index (κ1) is 15.6. The fraction of sp³-hybridized carbons (Fsp3) is 0.500. The van der Waals surface area contributed by atoms with E-state index in [-0.39, 0.29) is 13.0 Å². The van der Waals surface area contributed by atoms with Crippen LogP contribution in [0.2, 0.25) is 0 Å². The molecule has 0 amide bonds. The van der Waals surface area contributed by atoms with Crippen molar-refractivity contribution < 1.29 is 24.9 Å². The van der Waals surface area contributed by atoms with Crippen LogP contribution in [0.1, 0.15) is 18.9 Å². The lowest BCUT2D eigenvalue weighted by molar-refractivity contribution is -0.153. The molecule has 0 heterocycles. The van der Waals surface area contributed by atoms with Crippen LogP contribution in [0, 0.1) is 5.92 Å². The molecule has 0 aliphatic carbocycles. The summed E-state index contributed by atoms with van der Waals surface area (Å²) in [6.45, 7) is 1.24. The lowest BCUT2D eigenvalue weighted by atomic mass is 9.99. The smallest absolute Gasteiger partial charge is 0.311 e. The molecule has 0 saturated heterocycles. The Hall–Kier alpha value is -1.43. The summed E-state index contributed by atoms with van der Waals surface area (Å²) in [4.78, 5) is 11.7. The molecule has 0 saturated carbocycles. The maximum Gasteiger partial charge on any atom is 0.311 e. The Bertz CT molecular complexity index is 379. The Labute approximate surface area is 112 Å². The highest BCUT2D eigenvalue weighted by atomic mass is 16.5. The minimum atomic E-state index is -1.04. The van der Waals surface area contributed by atoms with Gasteiger partial charge in [-0.25, -0.2) is 0 Å². The molecule has 19 heavy (non-hydrogen) atoms. The molecule has 3 N–H and O–H groups in total. The van der Waals surface area contributed by atoms with Gasteiger partial charge in [-0.2, -0.15) is 0 Å². The minimum absolute atomic E-state index is 0.0574. The van der Waals surface area contributed by atoms with Gasteiger partial charge in [0.25, 0.3) is 0 Å². The largest absolute Gasteiger partial charge is 0.461 e. The summed E-state index contributed by atoms with van der Waals surface area (Å²) in [6.07, 6.45) is -2.12. The molecule has 0 fully saturated rings. The van der Waals surface area contributed by atoms with Gasteiger partial charge in [-0.3, -0.25) is 4.79 Å². The van der Waals surface area contributed by atoms with Gasteiger partial charge in [-0.05, 0) is 12.5 Å². The van der Waals surface area contributed by atoms with Crippen molar-refractivity contribution in [1.29, 1.82) is 0 Å². The predicted molar refractivity (Wildman–Crippen MR) is 69.1 cm³/mol. The van der Waals surface area contributed by atoms with Gasteiger partial charge in [0.15, 0.2) is 0 Å². The maximum absolute atomic E-state index is 11.7. The van der Waals surface area contributed by atoms with Crippen LogP contribution < -0.4 is 0 Å². The molecule has 1 aromatic carbocycles. The minimum Gasteiger partial charge on any atom is -0.461 e. The van der Waals surface area contributed by atoms with E-state index in [1.165, 1.54) is 6.92 Å². The number of hydrogen-bond donors (Lipinski definition) is 3. The maximum atomic E-state index is 11.7. The summed E-state index contributed by atoms with van der Waals surface area (Å²) < 4.78 is 5.08. The molecule has 3 atom stereocenters. The highest BCUT2D eigenvalue weighted by Crippen LogP contribution is 2.12. The van der Waals surface area contributed by atoms with Crippen LogP contribution in [0.15, 0.2) is 30.3 Å². The lowest BCUT2D eigenvalue weighted by Crippen LogP contribution is -2.31. The van der Waals surface area contributed by atoms with E-state index in [4.69, 9.17) is 9.84 Å². The van der Waals surface area contributed by atoms with Crippen LogP contribution in [0.25, 0.3) is 0 Å². The van der Waals surface area contributed by atoms with E-state index in [1.807, 2.05) is 30.3 Å². The number of ether oxygens (including phenoxy) is 1. The first-order chi connectivity index (χ1) is 9.04. The number of esters is 1. The van der Waals surface area contributed by atoms with Gasteiger partial charge in [0.1, 0.15) is 6.61 Å². The molecule has 0 bridgehead atoms. The van der Waals surface area contributed by atoms with Crippen molar-refractivity contribution in [2.75, 3.05) is 6.61 Å². The Kier molecular flexibility index (Phi) is 6.49. The average molecular weight is 268 g/mol. The fourth-order valence-corrected chi connectivity index (χ4v) is 1.57. The molecule has 0 aliphatic rings. The molecule has 106 valence electrons. The van der Waals surface area contributed by atoms with Crippen molar-refractivity contribution in [3.63, 3.8) is 0 Å². The normalized spacial score (nSPS) is 15.6. The third-order valence-corrected chi connectivity index (χ3v) is 2.90. The van der Waals surface area contributed by atoms with Gasteiger partial charge in [-0.1, -0.05) is 30.3 Å².